The van der Waals surface area contributed by atoms with Crippen molar-refractivity contribution in [2.24, 2.45) is 0 Å². The van der Waals surface area contributed by atoms with Crippen molar-refractivity contribution in [1.82, 2.24) is 0 Å². The number of rotatable bonds is 12. The van der Waals surface area contributed by atoms with Gasteiger partial charge in [0.15, 0.2) is 16.1 Å². The Labute approximate surface area is 373 Å². The molecule has 0 atom stereocenters. The lowest BCUT2D eigenvalue weighted by molar-refractivity contribution is 1.53. The predicted molar refractivity (Wildman–Crippen MR) is 272 cm³/mol. The van der Waals surface area contributed by atoms with E-state index in [-0.39, 0.29) is 0 Å². The minimum absolute atomic E-state index is 1.05. The molecule has 0 unspecified atom stereocenters. The summed E-state index contributed by atoms with van der Waals surface area (Å²) in [4.78, 5) is 0. The van der Waals surface area contributed by atoms with E-state index in [2.05, 4.69) is 278 Å². The van der Waals surface area contributed by atoms with Crippen LogP contribution in [-0.4, -0.2) is 16.1 Å². The lowest BCUT2D eigenvalue weighted by Gasteiger charge is -2.34. The summed E-state index contributed by atoms with van der Waals surface area (Å²) in [5.74, 6) is 0. The smallest absolute Gasteiger partial charge is 0.180 e. The molecule has 0 heterocycles. The largest absolute Gasteiger partial charge is 0.356 e. The summed E-state index contributed by atoms with van der Waals surface area (Å²) < 4.78 is 0. The Hall–Kier alpha value is -7.75. The molecule has 10 rings (SSSR count). The molecular formula is C60H45NSi2. The molecule has 3 heteroatoms. The van der Waals surface area contributed by atoms with E-state index in [4.69, 9.17) is 0 Å². The van der Waals surface area contributed by atoms with Crippen LogP contribution in [0.3, 0.4) is 0 Å². The maximum Gasteiger partial charge on any atom is 0.180 e. The maximum atomic E-state index is 3.63. The van der Waals surface area contributed by atoms with Gasteiger partial charge in [0.05, 0.1) is 0 Å². The third-order valence-corrected chi connectivity index (χ3v) is 22.1. The lowest BCUT2D eigenvalue weighted by atomic mass is 10.0. The summed E-state index contributed by atoms with van der Waals surface area (Å²) in [6.07, 6.45) is 0. The maximum absolute atomic E-state index is 3.63. The zero-order chi connectivity index (χ0) is 42.3. The van der Waals surface area contributed by atoms with Gasteiger partial charge in [-0.3, -0.25) is 0 Å². The van der Waals surface area contributed by atoms with E-state index in [1.165, 1.54) is 63.7 Å². The van der Waals surface area contributed by atoms with Crippen molar-refractivity contribution >= 4 is 69.0 Å². The van der Waals surface area contributed by atoms with Crippen molar-refractivity contribution in [3.05, 3.63) is 279 Å². The Morgan fingerprint density at radius 3 is 0.794 bits per heavy atom. The van der Waals surface area contributed by atoms with Crippen LogP contribution in [0.25, 0.3) is 22.3 Å². The van der Waals surface area contributed by atoms with E-state index in [0.717, 1.165) is 11.4 Å². The average molecular weight is 836 g/mol. The van der Waals surface area contributed by atoms with Gasteiger partial charge < -0.3 is 5.32 Å². The first-order valence-corrected chi connectivity index (χ1v) is 25.6. The van der Waals surface area contributed by atoms with Gasteiger partial charge in [-0.1, -0.05) is 243 Å². The molecular weight excluding hydrogens is 791 g/mol. The summed E-state index contributed by atoms with van der Waals surface area (Å²) in [6.45, 7) is 0. The van der Waals surface area contributed by atoms with E-state index in [0.29, 0.717) is 0 Å². The molecule has 10 aromatic rings. The van der Waals surface area contributed by atoms with Crippen LogP contribution < -0.4 is 46.8 Å². The first-order valence-electron chi connectivity index (χ1n) is 21.6. The first kappa shape index (κ1) is 39.4. The highest BCUT2D eigenvalue weighted by molar-refractivity contribution is 7.20. The number of hydrogen-bond acceptors (Lipinski definition) is 1. The van der Waals surface area contributed by atoms with Gasteiger partial charge in [0.25, 0.3) is 0 Å². The van der Waals surface area contributed by atoms with Gasteiger partial charge in [-0.2, -0.15) is 0 Å². The second-order valence-electron chi connectivity index (χ2n) is 16.0. The van der Waals surface area contributed by atoms with Crippen LogP contribution in [0, 0.1) is 12.1 Å². The van der Waals surface area contributed by atoms with Gasteiger partial charge >= 0.3 is 0 Å². The molecule has 298 valence electrons. The quantitative estimate of drug-likeness (QED) is 0.0958. The van der Waals surface area contributed by atoms with Crippen LogP contribution in [-0.2, 0) is 0 Å². The molecule has 0 saturated carbocycles. The molecule has 0 aliphatic carbocycles. The molecule has 0 aliphatic heterocycles. The molecule has 63 heavy (non-hydrogen) atoms. The van der Waals surface area contributed by atoms with Crippen LogP contribution in [0.4, 0.5) is 11.4 Å². The highest BCUT2D eigenvalue weighted by atomic mass is 28.3. The molecule has 0 bridgehead atoms. The molecule has 0 aliphatic rings. The van der Waals surface area contributed by atoms with Gasteiger partial charge in [-0.05, 0) is 100 Å². The van der Waals surface area contributed by atoms with Crippen molar-refractivity contribution in [2.75, 3.05) is 5.32 Å². The molecule has 0 radical (unpaired) electrons. The van der Waals surface area contributed by atoms with Gasteiger partial charge in [0, 0.05) is 11.4 Å². The van der Waals surface area contributed by atoms with Crippen molar-refractivity contribution in [2.45, 2.75) is 0 Å². The molecule has 0 saturated heterocycles. The standard InChI is InChI=1S/C60H45NSi2/c1-7-19-53(20-8-1)62(54-21-9-2-10-22-54,55-23-11-3-12-24-55)59-43-35-49(36-44-59)47-31-39-51(40-32-47)61-52-41-33-48(34-42-52)50-37-45-60(46-38-50)63(56-25-13-4-14-26-56,57-27-15-5-16-28-57)58-29-17-6-18-30-58/h1-5,7-17,19-46,61H. The Morgan fingerprint density at radius 2 is 0.508 bits per heavy atom. The van der Waals surface area contributed by atoms with E-state index >= 15 is 0 Å². The number of anilines is 2. The summed E-state index contributed by atoms with van der Waals surface area (Å²) in [5, 5.41) is 14.5. The number of hydrogen-bond donors (Lipinski definition) is 1. The van der Waals surface area contributed by atoms with Crippen LogP contribution in [0.5, 0.6) is 0 Å². The average Bonchev–Trinajstić information content (AvgIpc) is 3.37. The van der Waals surface area contributed by atoms with Crippen LogP contribution in [0.15, 0.2) is 267 Å². The molecule has 0 amide bonds. The monoisotopic (exact) mass is 835 g/mol. The van der Waals surface area contributed by atoms with Crippen LogP contribution >= 0.6 is 0 Å². The van der Waals surface area contributed by atoms with Crippen LogP contribution in [0.2, 0.25) is 0 Å². The number of nitrogens with one attached hydrogen (secondary N) is 1. The summed E-state index contributed by atoms with van der Waals surface area (Å²) in [6, 6.07) is 104. The van der Waals surface area contributed by atoms with Crippen molar-refractivity contribution in [3.63, 3.8) is 0 Å². The second kappa shape index (κ2) is 17.7. The third-order valence-electron chi connectivity index (χ3n) is 12.5. The molecule has 0 fully saturated rings. The van der Waals surface area contributed by atoms with Gasteiger partial charge in [-0.15, -0.1) is 0 Å². The minimum Gasteiger partial charge on any atom is -0.356 e. The van der Waals surface area contributed by atoms with Gasteiger partial charge in [0.2, 0.25) is 0 Å². The topological polar surface area (TPSA) is 12.0 Å². The molecule has 0 spiro atoms. The third kappa shape index (κ3) is 7.53. The van der Waals surface area contributed by atoms with Crippen molar-refractivity contribution in [3.8, 4) is 22.3 Å². The Balaban J connectivity index is 0.891. The fourth-order valence-electron chi connectivity index (χ4n) is 9.51. The van der Waals surface area contributed by atoms with Gasteiger partial charge in [0.1, 0.15) is 0 Å². The highest BCUT2D eigenvalue weighted by Gasteiger charge is 2.42. The van der Waals surface area contributed by atoms with E-state index < -0.39 is 16.1 Å². The zero-order valence-corrected chi connectivity index (χ0v) is 36.9. The summed E-state index contributed by atoms with van der Waals surface area (Å²) >= 11 is 0. The van der Waals surface area contributed by atoms with E-state index in [1.807, 2.05) is 6.07 Å². The first-order chi connectivity index (χ1) is 31.2. The van der Waals surface area contributed by atoms with Crippen molar-refractivity contribution in [1.29, 1.82) is 0 Å². The summed E-state index contributed by atoms with van der Waals surface area (Å²) in [7, 11) is -5.17. The molecule has 1 N–H and O–H groups in total. The fourth-order valence-corrected chi connectivity index (χ4v) is 18.9. The van der Waals surface area contributed by atoms with E-state index in [9.17, 15) is 0 Å². The fraction of sp³-hybridized carbons (Fsp3) is 0. The molecule has 0 aromatic heterocycles. The molecule has 1 nitrogen and oxygen atoms in total. The van der Waals surface area contributed by atoms with Crippen molar-refractivity contribution < 1.29 is 0 Å². The Morgan fingerprint density at radius 1 is 0.238 bits per heavy atom. The SMILES string of the molecule is c1ccc([Si](c2ccccc2)(c2ccccc2)c2ccc(-c3ccc(Nc4ccc(-c5ccc([Si](c6ccccc6)(c6ccccc6)c6ccccc6)cc5)cc4)cc3)cc2)cc#1. The lowest BCUT2D eigenvalue weighted by Crippen LogP contribution is -2.74. The normalized spacial score (nSPS) is 11.4. The second-order valence-corrected chi connectivity index (χ2v) is 23.6. The predicted octanol–water partition coefficient (Wildman–Crippen LogP) is 9.12. The Bertz CT molecular complexity index is 2590. The number of benzene rings is 9. The molecule has 10 aromatic carbocycles. The summed E-state index contributed by atoms with van der Waals surface area (Å²) in [5.41, 5.74) is 6.86. The zero-order valence-electron chi connectivity index (χ0n) is 34.9. The Kier molecular flexibility index (Phi) is 11.1. The highest BCUT2D eigenvalue weighted by Crippen LogP contribution is 2.26. The van der Waals surface area contributed by atoms with Crippen LogP contribution in [0.1, 0.15) is 0 Å². The minimum atomic E-state index is -2.61. The van der Waals surface area contributed by atoms with Gasteiger partial charge in [-0.25, -0.2) is 0 Å². The van der Waals surface area contributed by atoms with E-state index in [1.54, 1.807) is 0 Å².